The first-order valence-electron chi connectivity index (χ1n) is 5.34. The van der Waals surface area contributed by atoms with Gasteiger partial charge in [0.15, 0.2) is 11.5 Å². The molecule has 2 N–H and O–H groups in total. The van der Waals surface area contributed by atoms with E-state index in [1.165, 1.54) is 0 Å². The minimum Gasteiger partial charge on any atom is -0.478 e. The van der Waals surface area contributed by atoms with Crippen molar-refractivity contribution < 1.29 is 19.4 Å². The van der Waals surface area contributed by atoms with Gasteiger partial charge in [-0.3, -0.25) is 0 Å². The Bertz CT molecular complexity index is 654. The SMILES string of the molecule is CNc1nc2cc3c(cc2cc1C(=O)O)OCO3. The first-order valence-corrected chi connectivity index (χ1v) is 5.34. The molecule has 0 atom stereocenters. The maximum absolute atomic E-state index is 11.1. The van der Waals surface area contributed by atoms with Crippen LogP contribution < -0.4 is 14.8 Å². The van der Waals surface area contributed by atoms with E-state index in [0.29, 0.717) is 28.2 Å². The average molecular weight is 246 g/mol. The predicted molar refractivity (Wildman–Crippen MR) is 64.4 cm³/mol. The highest BCUT2D eigenvalue weighted by Crippen LogP contribution is 2.36. The van der Waals surface area contributed by atoms with Crippen LogP contribution in [0.3, 0.4) is 0 Å². The van der Waals surface area contributed by atoms with Gasteiger partial charge < -0.3 is 19.9 Å². The lowest BCUT2D eigenvalue weighted by Crippen LogP contribution is -2.05. The molecule has 1 aliphatic heterocycles. The second-order valence-electron chi connectivity index (χ2n) is 3.84. The summed E-state index contributed by atoms with van der Waals surface area (Å²) in [4.78, 5) is 15.4. The molecule has 92 valence electrons. The van der Waals surface area contributed by atoms with Crippen molar-refractivity contribution in [2.45, 2.75) is 0 Å². The third kappa shape index (κ3) is 1.50. The van der Waals surface area contributed by atoms with E-state index in [1.807, 2.05) is 0 Å². The Morgan fingerprint density at radius 2 is 2.06 bits per heavy atom. The predicted octanol–water partition coefficient (Wildman–Crippen LogP) is 1.70. The topological polar surface area (TPSA) is 80.7 Å². The van der Waals surface area contributed by atoms with E-state index in [4.69, 9.17) is 14.6 Å². The third-order valence-electron chi connectivity index (χ3n) is 2.78. The zero-order valence-corrected chi connectivity index (χ0v) is 9.56. The largest absolute Gasteiger partial charge is 0.478 e. The summed E-state index contributed by atoms with van der Waals surface area (Å²) in [6.07, 6.45) is 0. The van der Waals surface area contributed by atoms with Gasteiger partial charge in [0.2, 0.25) is 6.79 Å². The number of aromatic carboxylic acids is 1. The highest BCUT2D eigenvalue weighted by atomic mass is 16.7. The van der Waals surface area contributed by atoms with Gasteiger partial charge in [-0.15, -0.1) is 0 Å². The summed E-state index contributed by atoms with van der Waals surface area (Å²) in [7, 11) is 1.63. The quantitative estimate of drug-likeness (QED) is 0.839. The number of rotatable bonds is 2. The molecule has 1 aliphatic rings. The van der Waals surface area contributed by atoms with Crippen LogP contribution in [-0.2, 0) is 0 Å². The fraction of sp³-hybridized carbons (Fsp3) is 0.167. The van der Waals surface area contributed by atoms with E-state index in [-0.39, 0.29) is 12.4 Å². The number of fused-ring (bicyclic) bond motifs is 2. The van der Waals surface area contributed by atoms with E-state index in [1.54, 1.807) is 25.2 Å². The summed E-state index contributed by atoms with van der Waals surface area (Å²) in [6.45, 7) is 0.177. The highest BCUT2D eigenvalue weighted by Gasteiger charge is 2.18. The summed E-state index contributed by atoms with van der Waals surface area (Å²) < 4.78 is 10.5. The van der Waals surface area contributed by atoms with Gasteiger partial charge in [0.05, 0.1) is 5.52 Å². The summed E-state index contributed by atoms with van der Waals surface area (Å²) >= 11 is 0. The number of carboxylic acids is 1. The Kier molecular flexibility index (Phi) is 2.22. The maximum atomic E-state index is 11.1. The monoisotopic (exact) mass is 246 g/mol. The molecule has 0 spiro atoms. The number of aromatic nitrogens is 1. The molecule has 0 unspecified atom stereocenters. The van der Waals surface area contributed by atoms with E-state index in [0.717, 1.165) is 0 Å². The first-order chi connectivity index (χ1) is 8.69. The minimum absolute atomic E-state index is 0.129. The molecule has 2 heterocycles. The Labute approximate surface area is 102 Å². The Balaban J connectivity index is 2.28. The van der Waals surface area contributed by atoms with Gasteiger partial charge in [-0.05, 0) is 12.1 Å². The molecule has 1 aromatic heterocycles. The number of anilines is 1. The van der Waals surface area contributed by atoms with Crippen molar-refractivity contribution in [2.24, 2.45) is 0 Å². The maximum Gasteiger partial charge on any atom is 0.339 e. The van der Waals surface area contributed by atoms with Crippen LogP contribution in [0.15, 0.2) is 18.2 Å². The van der Waals surface area contributed by atoms with Crippen molar-refractivity contribution in [3.63, 3.8) is 0 Å². The molecule has 0 radical (unpaired) electrons. The molecule has 0 aliphatic carbocycles. The zero-order chi connectivity index (χ0) is 12.7. The molecule has 6 heteroatoms. The molecule has 0 fully saturated rings. The van der Waals surface area contributed by atoms with Gasteiger partial charge in [0.1, 0.15) is 11.4 Å². The highest BCUT2D eigenvalue weighted by molar-refractivity contribution is 5.98. The molecule has 18 heavy (non-hydrogen) atoms. The zero-order valence-electron chi connectivity index (χ0n) is 9.56. The van der Waals surface area contributed by atoms with Crippen molar-refractivity contribution in [1.82, 2.24) is 4.98 Å². The van der Waals surface area contributed by atoms with E-state index in [9.17, 15) is 4.79 Å². The molecule has 0 amide bonds. The lowest BCUT2D eigenvalue weighted by Gasteiger charge is -2.07. The number of benzene rings is 1. The Morgan fingerprint density at radius 3 is 2.72 bits per heavy atom. The molecule has 0 saturated carbocycles. The average Bonchev–Trinajstić information content (AvgIpc) is 2.81. The Hall–Kier alpha value is -2.50. The second-order valence-corrected chi connectivity index (χ2v) is 3.84. The standard InChI is InChI=1S/C12H10N2O4/c1-13-11-7(12(15)16)2-6-3-9-10(18-5-17-9)4-8(6)14-11/h2-4H,5H2,1H3,(H,13,14)(H,15,16). The molecular weight excluding hydrogens is 236 g/mol. The van der Waals surface area contributed by atoms with Crippen LogP contribution >= 0.6 is 0 Å². The summed E-state index contributed by atoms with van der Waals surface area (Å²) in [5.74, 6) is 0.540. The van der Waals surface area contributed by atoms with E-state index >= 15 is 0 Å². The molecule has 1 aromatic carbocycles. The van der Waals surface area contributed by atoms with Crippen molar-refractivity contribution in [2.75, 3.05) is 19.2 Å². The third-order valence-corrected chi connectivity index (χ3v) is 2.78. The van der Waals surface area contributed by atoms with Gasteiger partial charge >= 0.3 is 5.97 Å². The van der Waals surface area contributed by atoms with Crippen LogP contribution in [0.1, 0.15) is 10.4 Å². The van der Waals surface area contributed by atoms with Crippen LogP contribution in [0.2, 0.25) is 0 Å². The number of carbonyl (C=O) groups is 1. The number of carboxylic acid groups (broad SMARTS) is 1. The van der Waals surface area contributed by atoms with Crippen molar-refractivity contribution in [3.05, 3.63) is 23.8 Å². The number of nitrogens with one attached hydrogen (secondary N) is 1. The number of pyridine rings is 1. The number of hydrogen-bond acceptors (Lipinski definition) is 5. The lowest BCUT2D eigenvalue weighted by molar-refractivity contribution is 0.0698. The number of nitrogens with zero attached hydrogens (tertiary/aromatic N) is 1. The van der Waals surface area contributed by atoms with Crippen LogP contribution in [0.25, 0.3) is 10.9 Å². The van der Waals surface area contributed by atoms with E-state index < -0.39 is 5.97 Å². The van der Waals surface area contributed by atoms with Gasteiger partial charge in [0.25, 0.3) is 0 Å². The summed E-state index contributed by atoms with van der Waals surface area (Å²) in [5, 5.41) is 12.6. The smallest absolute Gasteiger partial charge is 0.339 e. The molecule has 0 saturated heterocycles. The van der Waals surface area contributed by atoms with Crippen molar-refractivity contribution >= 4 is 22.7 Å². The van der Waals surface area contributed by atoms with Gasteiger partial charge in [-0.1, -0.05) is 0 Å². The van der Waals surface area contributed by atoms with E-state index in [2.05, 4.69) is 10.3 Å². The molecular formula is C12H10N2O4. The van der Waals surface area contributed by atoms with Crippen LogP contribution in [0.4, 0.5) is 5.82 Å². The fourth-order valence-corrected chi connectivity index (χ4v) is 1.92. The molecule has 2 aromatic rings. The Morgan fingerprint density at radius 1 is 1.33 bits per heavy atom. The lowest BCUT2D eigenvalue weighted by atomic mass is 10.1. The summed E-state index contributed by atoms with van der Waals surface area (Å²) in [6, 6.07) is 5.04. The van der Waals surface area contributed by atoms with Crippen LogP contribution in [0, 0.1) is 0 Å². The van der Waals surface area contributed by atoms with Crippen molar-refractivity contribution in [3.8, 4) is 11.5 Å². The van der Waals surface area contributed by atoms with Crippen LogP contribution in [0.5, 0.6) is 11.5 Å². The fourth-order valence-electron chi connectivity index (χ4n) is 1.92. The first kappa shape index (κ1) is 10.6. The van der Waals surface area contributed by atoms with Gasteiger partial charge in [-0.25, -0.2) is 9.78 Å². The summed E-state index contributed by atoms with van der Waals surface area (Å²) in [5.41, 5.74) is 0.789. The molecule has 3 rings (SSSR count). The minimum atomic E-state index is -1.02. The normalized spacial score (nSPS) is 12.7. The van der Waals surface area contributed by atoms with Gasteiger partial charge in [0, 0.05) is 18.5 Å². The number of ether oxygens (including phenoxy) is 2. The molecule has 0 bridgehead atoms. The van der Waals surface area contributed by atoms with Gasteiger partial charge in [-0.2, -0.15) is 0 Å². The molecule has 6 nitrogen and oxygen atoms in total. The van der Waals surface area contributed by atoms with Crippen LogP contribution in [-0.4, -0.2) is 29.9 Å². The van der Waals surface area contributed by atoms with Crippen molar-refractivity contribution in [1.29, 1.82) is 0 Å². The number of hydrogen-bond donors (Lipinski definition) is 2. The second kappa shape index (κ2) is 3.76.